The first kappa shape index (κ1) is 16.2. The fourth-order valence-corrected chi connectivity index (χ4v) is 3.10. The van der Waals surface area contributed by atoms with Gasteiger partial charge in [0, 0.05) is 25.7 Å². The Morgan fingerprint density at radius 1 is 1.23 bits per heavy atom. The monoisotopic (exact) mass is 355 g/mol. The summed E-state index contributed by atoms with van der Waals surface area (Å²) in [6.07, 6.45) is 2.84. The minimum atomic E-state index is -0.844. The molecule has 10 heteroatoms. The highest BCUT2D eigenvalue weighted by molar-refractivity contribution is 5.94. The van der Waals surface area contributed by atoms with Crippen molar-refractivity contribution in [1.82, 2.24) is 34.7 Å². The number of rotatable bonds is 4. The van der Waals surface area contributed by atoms with E-state index in [4.69, 9.17) is 5.11 Å². The van der Waals surface area contributed by atoms with Crippen LogP contribution in [0.15, 0.2) is 24.4 Å². The molecule has 0 radical (unpaired) electrons. The fourth-order valence-electron chi connectivity index (χ4n) is 3.10. The van der Waals surface area contributed by atoms with E-state index in [1.54, 1.807) is 23.2 Å². The van der Waals surface area contributed by atoms with Crippen LogP contribution in [0.5, 0.6) is 0 Å². The van der Waals surface area contributed by atoms with Crippen molar-refractivity contribution in [3.05, 3.63) is 41.3 Å². The van der Waals surface area contributed by atoms with Gasteiger partial charge in [-0.25, -0.2) is 0 Å². The van der Waals surface area contributed by atoms with Gasteiger partial charge in [-0.2, -0.15) is 9.61 Å². The molecule has 1 aliphatic rings. The predicted molar refractivity (Wildman–Crippen MR) is 88.3 cm³/mol. The molecule has 0 fully saturated rings. The van der Waals surface area contributed by atoms with Crippen LogP contribution >= 0.6 is 0 Å². The number of carbonyl (C=O) groups is 2. The van der Waals surface area contributed by atoms with Gasteiger partial charge >= 0.3 is 5.97 Å². The maximum Gasteiger partial charge on any atom is 0.303 e. The van der Waals surface area contributed by atoms with Crippen LogP contribution < -0.4 is 0 Å². The van der Waals surface area contributed by atoms with Crippen molar-refractivity contribution in [3.63, 3.8) is 0 Å². The third kappa shape index (κ3) is 3.13. The van der Waals surface area contributed by atoms with E-state index in [9.17, 15) is 9.59 Å². The molecule has 1 amide bonds. The van der Waals surface area contributed by atoms with Crippen LogP contribution in [0.25, 0.3) is 5.65 Å². The Balaban J connectivity index is 1.54. The summed E-state index contributed by atoms with van der Waals surface area (Å²) in [5.41, 5.74) is 2.76. The van der Waals surface area contributed by atoms with Crippen molar-refractivity contribution in [2.75, 3.05) is 6.54 Å². The highest BCUT2D eigenvalue weighted by Gasteiger charge is 2.22. The molecule has 1 N–H and O–H groups in total. The fraction of sp³-hybridized carbons (Fsp3) is 0.375. The highest BCUT2D eigenvalue weighted by Crippen LogP contribution is 2.17. The van der Waals surface area contributed by atoms with Crippen LogP contribution in [0, 0.1) is 0 Å². The molecule has 0 spiro atoms. The van der Waals surface area contributed by atoms with E-state index in [1.807, 2.05) is 10.7 Å². The van der Waals surface area contributed by atoms with Crippen molar-refractivity contribution < 1.29 is 14.7 Å². The zero-order chi connectivity index (χ0) is 18.1. The molecule has 0 unspecified atom stereocenters. The van der Waals surface area contributed by atoms with Crippen LogP contribution in [0.2, 0.25) is 0 Å². The van der Waals surface area contributed by atoms with E-state index in [0.717, 1.165) is 17.8 Å². The van der Waals surface area contributed by atoms with Crippen molar-refractivity contribution in [1.29, 1.82) is 0 Å². The zero-order valence-electron chi connectivity index (χ0n) is 13.9. The van der Waals surface area contributed by atoms with Crippen LogP contribution in [0.4, 0.5) is 0 Å². The van der Waals surface area contributed by atoms with Gasteiger partial charge in [-0.3, -0.25) is 14.3 Å². The van der Waals surface area contributed by atoms with Crippen molar-refractivity contribution in [2.45, 2.75) is 32.4 Å². The molecule has 0 aromatic carbocycles. The van der Waals surface area contributed by atoms with E-state index in [0.29, 0.717) is 37.3 Å². The number of pyridine rings is 1. The number of tetrazole rings is 1. The first-order valence-corrected chi connectivity index (χ1v) is 8.34. The van der Waals surface area contributed by atoms with E-state index in [1.165, 1.54) is 4.52 Å². The Kier molecular flexibility index (Phi) is 4.07. The molecule has 4 rings (SSSR count). The molecule has 0 saturated carbocycles. The Bertz CT molecular complexity index is 977. The number of aromatic nitrogens is 6. The molecule has 4 heterocycles. The molecule has 3 aromatic rings. The number of fused-ring (bicyclic) bond motifs is 2. The SMILES string of the molecule is O=C(O)CCc1cc2n(n1)CCCN(C(=O)c1ccc3nnnn3c1)C2. The highest BCUT2D eigenvalue weighted by atomic mass is 16.4. The van der Waals surface area contributed by atoms with Crippen LogP contribution in [-0.2, 0) is 24.3 Å². The minimum absolute atomic E-state index is 0.0467. The average molecular weight is 355 g/mol. The van der Waals surface area contributed by atoms with Gasteiger partial charge in [-0.15, -0.1) is 5.10 Å². The topological polar surface area (TPSA) is 119 Å². The Morgan fingerprint density at radius 3 is 2.96 bits per heavy atom. The number of hydrogen-bond donors (Lipinski definition) is 1. The summed E-state index contributed by atoms with van der Waals surface area (Å²) >= 11 is 0. The second-order valence-electron chi connectivity index (χ2n) is 6.22. The minimum Gasteiger partial charge on any atom is -0.481 e. The summed E-state index contributed by atoms with van der Waals surface area (Å²) in [6.45, 7) is 1.77. The molecular weight excluding hydrogens is 338 g/mol. The van der Waals surface area contributed by atoms with Crippen LogP contribution in [0.3, 0.4) is 0 Å². The molecule has 1 aliphatic heterocycles. The number of carbonyl (C=O) groups excluding carboxylic acids is 1. The van der Waals surface area contributed by atoms with E-state index >= 15 is 0 Å². The third-order valence-electron chi connectivity index (χ3n) is 4.39. The number of amides is 1. The quantitative estimate of drug-likeness (QED) is 0.719. The first-order chi connectivity index (χ1) is 12.6. The van der Waals surface area contributed by atoms with Gasteiger partial charge in [0.05, 0.1) is 29.9 Å². The van der Waals surface area contributed by atoms with Gasteiger partial charge in [0.2, 0.25) is 0 Å². The number of aliphatic carboxylic acids is 1. The summed E-state index contributed by atoms with van der Waals surface area (Å²) in [4.78, 5) is 25.4. The number of carboxylic acids is 1. The average Bonchev–Trinajstić information content (AvgIpc) is 3.20. The van der Waals surface area contributed by atoms with Gasteiger partial charge in [-0.05, 0) is 35.0 Å². The molecule has 134 valence electrons. The molecule has 26 heavy (non-hydrogen) atoms. The second-order valence-corrected chi connectivity index (χ2v) is 6.22. The number of nitrogens with zero attached hydrogens (tertiary/aromatic N) is 7. The van der Waals surface area contributed by atoms with Gasteiger partial charge in [0.1, 0.15) is 0 Å². The van der Waals surface area contributed by atoms with Crippen LogP contribution in [-0.4, -0.2) is 58.2 Å². The Hall–Kier alpha value is -3.30. The molecule has 0 aliphatic carbocycles. The smallest absolute Gasteiger partial charge is 0.303 e. The van der Waals surface area contributed by atoms with Gasteiger partial charge in [0.15, 0.2) is 5.65 Å². The predicted octanol–water partition coefficient (Wildman–Crippen LogP) is 0.384. The maximum atomic E-state index is 12.9. The Labute approximate surface area is 148 Å². The summed E-state index contributed by atoms with van der Waals surface area (Å²) in [6, 6.07) is 5.31. The van der Waals surface area contributed by atoms with Crippen molar-refractivity contribution in [3.8, 4) is 0 Å². The molecular formula is C16H17N7O3. The molecule has 10 nitrogen and oxygen atoms in total. The molecule has 0 bridgehead atoms. The number of carboxylic acid groups (broad SMARTS) is 1. The van der Waals surface area contributed by atoms with Gasteiger partial charge in [0.25, 0.3) is 5.91 Å². The maximum absolute atomic E-state index is 12.9. The lowest BCUT2D eigenvalue weighted by Crippen LogP contribution is -2.30. The van der Waals surface area contributed by atoms with Gasteiger partial charge in [-0.1, -0.05) is 0 Å². The lowest BCUT2D eigenvalue weighted by Gasteiger charge is -2.20. The van der Waals surface area contributed by atoms with E-state index in [-0.39, 0.29) is 12.3 Å². The van der Waals surface area contributed by atoms with E-state index in [2.05, 4.69) is 20.6 Å². The molecule has 0 saturated heterocycles. The van der Waals surface area contributed by atoms with Crippen molar-refractivity contribution >= 4 is 17.5 Å². The number of hydrogen-bond acceptors (Lipinski definition) is 6. The summed E-state index contributed by atoms with van der Waals surface area (Å²) < 4.78 is 3.34. The lowest BCUT2D eigenvalue weighted by molar-refractivity contribution is -0.136. The first-order valence-electron chi connectivity index (χ1n) is 8.34. The summed E-state index contributed by atoms with van der Waals surface area (Å²) in [7, 11) is 0. The molecule has 0 atom stereocenters. The summed E-state index contributed by atoms with van der Waals surface area (Å²) in [5.74, 6) is -0.938. The van der Waals surface area contributed by atoms with Crippen LogP contribution in [0.1, 0.15) is 34.6 Å². The lowest BCUT2D eigenvalue weighted by atomic mass is 10.2. The second kappa shape index (κ2) is 6.54. The normalized spacial score (nSPS) is 14.2. The largest absolute Gasteiger partial charge is 0.481 e. The van der Waals surface area contributed by atoms with Crippen molar-refractivity contribution in [2.24, 2.45) is 0 Å². The Morgan fingerprint density at radius 2 is 2.12 bits per heavy atom. The summed E-state index contributed by atoms with van der Waals surface area (Å²) in [5, 5.41) is 24.5. The zero-order valence-corrected chi connectivity index (χ0v) is 13.9. The van der Waals surface area contributed by atoms with E-state index < -0.39 is 5.97 Å². The van der Waals surface area contributed by atoms with Gasteiger partial charge < -0.3 is 10.0 Å². The molecule has 3 aromatic heterocycles. The standard InChI is InChI=1S/C16H17N7O3/c24-15(25)5-3-12-8-13-10-21(6-1-7-22(13)18-12)16(26)11-2-4-14-17-19-20-23(14)9-11/h2,4,8-9H,1,3,5-7,10H2,(H,24,25). The number of aryl methyl sites for hydroxylation is 2. The third-order valence-corrected chi connectivity index (χ3v) is 4.39.